The van der Waals surface area contributed by atoms with E-state index in [2.05, 4.69) is 22.6 Å². The van der Waals surface area contributed by atoms with Gasteiger partial charge in [0.05, 0.1) is 0 Å². The lowest BCUT2D eigenvalue weighted by molar-refractivity contribution is -0.121. The van der Waals surface area contributed by atoms with Crippen LogP contribution in [0, 0.1) is 5.92 Å². The van der Waals surface area contributed by atoms with Gasteiger partial charge in [0.25, 0.3) is 0 Å². The zero-order chi connectivity index (χ0) is 12.8. The molecular formula is C14H27N3O. The average molecular weight is 253 g/mol. The molecule has 104 valence electrons. The van der Waals surface area contributed by atoms with Gasteiger partial charge in [-0.25, -0.2) is 0 Å². The van der Waals surface area contributed by atoms with Gasteiger partial charge >= 0.3 is 0 Å². The van der Waals surface area contributed by atoms with Crippen LogP contribution in [-0.4, -0.2) is 50.1 Å². The molecule has 0 aliphatic carbocycles. The minimum Gasteiger partial charge on any atom is -0.356 e. The van der Waals surface area contributed by atoms with Crippen molar-refractivity contribution in [3.8, 4) is 0 Å². The van der Waals surface area contributed by atoms with E-state index in [4.69, 9.17) is 0 Å². The molecule has 1 unspecified atom stereocenters. The summed E-state index contributed by atoms with van der Waals surface area (Å²) in [6.45, 7) is 4.42. The lowest BCUT2D eigenvalue weighted by atomic mass is 9.93. The van der Waals surface area contributed by atoms with E-state index < -0.39 is 0 Å². The van der Waals surface area contributed by atoms with Gasteiger partial charge in [-0.15, -0.1) is 0 Å². The summed E-state index contributed by atoms with van der Waals surface area (Å²) in [7, 11) is 2.21. The van der Waals surface area contributed by atoms with Gasteiger partial charge in [-0.3, -0.25) is 4.79 Å². The molecule has 18 heavy (non-hydrogen) atoms. The van der Waals surface area contributed by atoms with Crippen LogP contribution in [-0.2, 0) is 4.79 Å². The summed E-state index contributed by atoms with van der Waals surface area (Å²) >= 11 is 0. The van der Waals surface area contributed by atoms with Gasteiger partial charge in [-0.05, 0) is 64.7 Å². The molecule has 0 aromatic carbocycles. The highest BCUT2D eigenvalue weighted by atomic mass is 16.1. The zero-order valence-electron chi connectivity index (χ0n) is 11.6. The third kappa shape index (κ3) is 4.58. The maximum Gasteiger partial charge on any atom is 0.221 e. The molecular weight excluding hydrogens is 226 g/mol. The monoisotopic (exact) mass is 253 g/mol. The van der Waals surface area contributed by atoms with Gasteiger partial charge in [-0.2, -0.15) is 0 Å². The zero-order valence-corrected chi connectivity index (χ0v) is 11.6. The second-order valence-electron chi connectivity index (χ2n) is 5.88. The van der Waals surface area contributed by atoms with Crippen LogP contribution in [0.25, 0.3) is 0 Å². The summed E-state index contributed by atoms with van der Waals surface area (Å²) in [6, 6.07) is 0.402. The Hall–Kier alpha value is -0.610. The van der Waals surface area contributed by atoms with Gasteiger partial charge in [0.2, 0.25) is 5.91 Å². The molecule has 0 saturated carbocycles. The molecule has 2 saturated heterocycles. The van der Waals surface area contributed by atoms with Crippen LogP contribution in [0.2, 0.25) is 0 Å². The number of carbonyl (C=O) groups is 1. The third-order valence-electron chi connectivity index (χ3n) is 4.31. The molecule has 0 radical (unpaired) electrons. The number of hydrogen-bond donors (Lipinski definition) is 2. The molecule has 0 spiro atoms. The van der Waals surface area contributed by atoms with E-state index in [1.165, 1.54) is 32.4 Å². The predicted octanol–water partition coefficient (Wildman–Crippen LogP) is 0.977. The number of carbonyl (C=O) groups excluding carboxylic acids is 1. The fourth-order valence-electron chi connectivity index (χ4n) is 2.99. The minimum absolute atomic E-state index is 0.212. The molecule has 2 N–H and O–H groups in total. The van der Waals surface area contributed by atoms with Crippen molar-refractivity contribution in [2.45, 2.75) is 44.6 Å². The topological polar surface area (TPSA) is 44.4 Å². The lowest BCUT2D eigenvalue weighted by Gasteiger charge is -2.29. The second-order valence-corrected chi connectivity index (χ2v) is 5.88. The van der Waals surface area contributed by atoms with Crippen LogP contribution in [0.4, 0.5) is 0 Å². The quantitative estimate of drug-likeness (QED) is 0.785. The first-order valence-electron chi connectivity index (χ1n) is 7.42. The fraction of sp³-hybridized carbons (Fsp3) is 0.929. The number of hydrogen-bond acceptors (Lipinski definition) is 3. The van der Waals surface area contributed by atoms with E-state index >= 15 is 0 Å². The highest BCUT2D eigenvalue weighted by Crippen LogP contribution is 2.19. The largest absolute Gasteiger partial charge is 0.356 e. The summed E-state index contributed by atoms with van der Waals surface area (Å²) in [5.74, 6) is 1.09. The van der Waals surface area contributed by atoms with E-state index in [1.807, 2.05) is 0 Å². The Kier molecular flexibility index (Phi) is 5.45. The van der Waals surface area contributed by atoms with Crippen molar-refractivity contribution in [2.75, 3.05) is 33.2 Å². The Labute approximate surface area is 110 Å². The van der Waals surface area contributed by atoms with E-state index in [0.717, 1.165) is 31.8 Å². The van der Waals surface area contributed by atoms with Crippen molar-refractivity contribution >= 4 is 5.91 Å². The van der Waals surface area contributed by atoms with Crippen LogP contribution < -0.4 is 10.6 Å². The van der Waals surface area contributed by atoms with Crippen molar-refractivity contribution in [1.82, 2.24) is 15.5 Å². The number of piperidine rings is 1. The Bertz CT molecular complexity index is 262. The number of nitrogens with zero attached hydrogens (tertiary/aromatic N) is 1. The Morgan fingerprint density at radius 3 is 2.89 bits per heavy atom. The summed E-state index contributed by atoms with van der Waals surface area (Å²) in [6.07, 6.45) is 6.84. The van der Waals surface area contributed by atoms with Crippen molar-refractivity contribution < 1.29 is 4.79 Å². The maximum absolute atomic E-state index is 11.4. The molecule has 4 heteroatoms. The maximum atomic E-state index is 11.4. The van der Waals surface area contributed by atoms with Gasteiger partial charge < -0.3 is 15.5 Å². The van der Waals surface area contributed by atoms with Crippen LogP contribution in [0.15, 0.2) is 0 Å². The average Bonchev–Trinajstić information content (AvgIpc) is 2.56. The van der Waals surface area contributed by atoms with Crippen LogP contribution in [0.3, 0.4) is 0 Å². The molecule has 2 fully saturated rings. The normalized spacial score (nSPS) is 27.8. The first-order chi connectivity index (χ1) is 8.74. The van der Waals surface area contributed by atoms with E-state index in [-0.39, 0.29) is 5.91 Å². The van der Waals surface area contributed by atoms with Crippen molar-refractivity contribution in [2.24, 2.45) is 5.92 Å². The Morgan fingerprint density at radius 2 is 2.11 bits per heavy atom. The molecule has 2 aliphatic heterocycles. The first kappa shape index (κ1) is 13.8. The van der Waals surface area contributed by atoms with Gasteiger partial charge in [0.15, 0.2) is 0 Å². The molecule has 4 nitrogen and oxygen atoms in total. The molecule has 2 heterocycles. The van der Waals surface area contributed by atoms with Gasteiger partial charge in [0, 0.05) is 19.0 Å². The van der Waals surface area contributed by atoms with Crippen molar-refractivity contribution in [3.05, 3.63) is 0 Å². The van der Waals surface area contributed by atoms with Gasteiger partial charge in [0.1, 0.15) is 0 Å². The molecule has 0 bridgehead atoms. The molecule has 1 amide bonds. The van der Waals surface area contributed by atoms with Crippen molar-refractivity contribution in [3.63, 3.8) is 0 Å². The second kappa shape index (κ2) is 7.10. The highest BCUT2D eigenvalue weighted by molar-refractivity contribution is 5.76. The van der Waals surface area contributed by atoms with Crippen LogP contribution >= 0.6 is 0 Å². The number of likely N-dealkylation sites (tertiary alicyclic amines) is 1. The smallest absolute Gasteiger partial charge is 0.221 e. The number of rotatable bonds is 4. The predicted molar refractivity (Wildman–Crippen MR) is 73.5 cm³/mol. The number of amides is 1. The van der Waals surface area contributed by atoms with Crippen molar-refractivity contribution in [1.29, 1.82) is 0 Å². The van der Waals surface area contributed by atoms with E-state index in [0.29, 0.717) is 12.5 Å². The fourth-order valence-corrected chi connectivity index (χ4v) is 2.99. The number of nitrogens with one attached hydrogen (secondary N) is 2. The summed E-state index contributed by atoms with van der Waals surface area (Å²) in [5.41, 5.74) is 0. The van der Waals surface area contributed by atoms with Crippen LogP contribution in [0.5, 0.6) is 0 Å². The summed E-state index contributed by atoms with van der Waals surface area (Å²) in [4.78, 5) is 13.9. The summed E-state index contributed by atoms with van der Waals surface area (Å²) < 4.78 is 0. The summed E-state index contributed by atoms with van der Waals surface area (Å²) in [5, 5.41) is 6.51. The molecule has 0 aromatic rings. The Morgan fingerprint density at radius 1 is 1.33 bits per heavy atom. The van der Waals surface area contributed by atoms with E-state index in [9.17, 15) is 4.79 Å². The molecule has 2 aliphatic rings. The molecule has 2 rings (SSSR count). The third-order valence-corrected chi connectivity index (χ3v) is 4.31. The standard InChI is InChI=1S/C14H27N3O/c1-17-9-5-12(6-10-17)4-8-15-13-3-2-7-16-14(18)11-13/h12-13,15H,2-11H2,1H3,(H,16,18). The SMILES string of the molecule is CN1CCC(CCNC2CCCNC(=O)C2)CC1. The molecule has 0 aromatic heterocycles. The van der Waals surface area contributed by atoms with E-state index in [1.54, 1.807) is 0 Å². The highest BCUT2D eigenvalue weighted by Gasteiger charge is 2.19. The van der Waals surface area contributed by atoms with Crippen LogP contribution in [0.1, 0.15) is 38.5 Å². The van der Waals surface area contributed by atoms with Gasteiger partial charge in [-0.1, -0.05) is 0 Å². The first-order valence-corrected chi connectivity index (χ1v) is 7.42. The minimum atomic E-state index is 0.212. The molecule has 1 atom stereocenters. The lowest BCUT2D eigenvalue weighted by Crippen LogP contribution is -2.35. The Balaban J connectivity index is 1.61.